The number of carbonyl (C=O) groups excluding carboxylic acids is 1. The van der Waals surface area contributed by atoms with Gasteiger partial charge in [0.05, 0.1) is 13.0 Å². The Morgan fingerprint density at radius 2 is 2.45 bits per heavy atom. The zero-order chi connectivity index (χ0) is 8.69. The van der Waals surface area contributed by atoms with Crippen LogP contribution in [0.4, 0.5) is 0 Å². The summed E-state index contributed by atoms with van der Waals surface area (Å²) in [4.78, 5) is 10.8. The van der Waals surface area contributed by atoms with Crippen LogP contribution in [0.1, 0.15) is 19.8 Å². The van der Waals surface area contributed by atoms with Crippen LogP contribution in [0.2, 0.25) is 0 Å². The molecule has 0 saturated heterocycles. The second-order valence-corrected chi connectivity index (χ2v) is 2.32. The molecule has 0 amide bonds. The van der Waals surface area contributed by atoms with Crippen molar-refractivity contribution in [1.82, 2.24) is 0 Å². The molecule has 0 rings (SSSR count). The van der Waals surface area contributed by atoms with Gasteiger partial charge in [0.1, 0.15) is 0 Å². The number of ether oxygens (including phenoxy) is 1. The molecule has 3 heteroatoms. The molecule has 1 unspecified atom stereocenters. The lowest BCUT2D eigenvalue weighted by Gasteiger charge is -2.05. The first-order valence-corrected chi connectivity index (χ1v) is 3.74. The predicted molar refractivity (Wildman–Crippen MR) is 44.0 cm³/mol. The molecule has 0 radical (unpaired) electrons. The van der Waals surface area contributed by atoms with Crippen molar-refractivity contribution in [3.63, 3.8) is 0 Å². The van der Waals surface area contributed by atoms with E-state index in [1.54, 1.807) is 0 Å². The Hall–Kier alpha value is -0.830. The molecule has 0 spiro atoms. The Labute approximate surface area is 67.2 Å². The van der Waals surface area contributed by atoms with E-state index >= 15 is 0 Å². The van der Waals surface area contributed by atoms with Gasteiger partial charge in [0.25, 0.3) is 0 Å². The van der Waals surface area contributed by atoms with Crippen molar-refractivity contribution in [2.75, 3.05) is 6.61 Å². The van der Waals surface area contributed by atoms with Crippen LogP contribution in [0.25, 0.3) is 0 Å². The van der Waals surface area contributed by atoms with Crippen LogP contribution in [0.5, 0.6) is 0 Å². The Kier molecular flexibility index (Phi) is 5.47. The second-order valence-electron chi connectivity index (χ2n) is 2.32. The quantitative estimate of drug-likeness (QED) is 0.475. The molecule has 0 bridgehead atoms. The highest BCUT2D eigenvalue weighted by atomic mass is 16.5. The third kappa shape index (κ3) is 5.61. The van der Waals surface area contributed by atoms with Crippen LogP contribution in [0, 0.1) is 0 Å². The van der Waals surface area contributed by atoms with Gasteiger partial charge >= 0.3 is 5.97 Å². The minimum atomic E-state index is -0.278. The van der Waals surface area contributed by atoms with Crippen LogP contribution < -0.4 is 5.73 Å². The zero-order valence-electron chi connectivity index (χ0n) is 6.88. The van der Waals surface area contributed by atoms with Crippen molar-refractivity contribution >= 4 is 5.97 Å². The molecule has 0 saturated carbocycles. The molecule has 0 aliphatic rings. The molecular weight excluding hydrogens is 142 g/mol. The maximum Gasteiger partial charge on any atom is 0.307 e. The van der Waals surface area contributed by atoms with Gasteiger partial charge in [0.15, 0.2) is 0 Å². The van der Waals surface area contributed by atoms with Gasteiger partial charge in [-0.3, -0.25) is 4.79 Å². The summed E-state index contributed by atoms with van der Waals surface area (Å²) in [5.74, 6) is -0.251. The van der Waals surface area contributed by atoms with E-state index in [-0.39, 0.29) is 18.4 Å². The molecule has 0 aromatic carbocycles. The highest BCUT2D eigenvalue weighted by Gasteiger charge is 2.05. The zero-order valence-corrected chi connectivity index (χ0v) is 6.88. The van der Waals surface area contributed by atoms with E-state index in [4.69, 9.17) is 10.5 Å². The first kappa shape index (κ1) is 10.2. The van der Waals surface area contributed by atoms with Crippen molar-refractivity contribution in [3.8, 4) is 0 Å². The first-order valence-electron chi connectivity index (χ1n) is 3.74. The van der Waals surface area contributed by atoms with Gasteiger partial charge in [0.2, 0.25) is 0 Å². The van der Waals surface area contributed by atoms with Crippen molar-refractivity contribution in [1.29, 1.82) is 0 Å². The molecule has 0 aromatic rings. The molecule has 0 heterocycles. The molecule has 1 atom stereocenters. The summed E-state index contributed by atoms with van der Waals surface area (Å²) >= 11 is 0. The standard InChI is InChI=1S/C8H15NO2/c1-3-5-11-8(10)6-7(9)4-2/h4,7H,2-3,5-6,9H2,1H3. The average Bonchev–Trinajstić information content (AvgIpc) is 2.00. The molecule has 0 fully saturated rings. The first-order chi connectivity index (χ1) is 5.20. The Morgan fingerprint density at radius 3 is 2.91 bits per heavy atom. The van der Waals surface area contributed by atoms with Crippen LogP contribution >= 0.6 is 0 Å². The molecule has 2 N–H and O–H groups in total. The number of hydrogen-bond donors (Lipinski definition) is 1. The summed E-state index contributed by atoms with van der Waals surface area (Å²) in [6, 6.07) is -0.278. The van der Waals surface area contributed by atoms with Crippen LogP contribution in [0.3, 0.4) is 0 Å². The lowest BCUT2D eigenvalue weighted by atomic mass is 10.2. The number of rotatable bonds is 5. The van der Waals surface area contributed by atoms with Gasteiger partial charge in [0, 0.05) is 6.04 Å². The fraction of sp³-hybridized carbons (Fsp3) is 0.625. The van der Waals surface area contributed by atoms with Gasteiger partial charge < -0.3 is 10.5 Å². The van der Waals surface area contributed by atoms with Gasteiger partial charge in [-0.05, 0) is 6.42 Å². The van der Waals surface area contributed by atoms with Gasteiger partial charge in [-0.25, -0.2) is 0 Å². The average molecular weight is 157 g/mol. The Balaban J connectivity index is 3.43. The summed E-state index contributed by atoms with van der Waals surface area (Å²) in [6.07, 6.45) is 2.60. The summed E-state index contributed by atoms with van der Waals surface area (Å²) in [5.41, 5.74) is 5.43. The van der Waals surface area contributed by atoms with E-state index in [0.717, 1.165) is 6.42 Å². The van der Waals surface area contributed by atoms with E-state index in [1.165, 1.54) is 6.08 Å². The van der Waals surface area contributed by atoms with E-state index < -0.39 is 0 Å². The van der Waals surface area contributed by atoms with Gasteiger partial charge in [-0.15, -0.1) is 6.58 Å². The fourth-order valence-electron chi connectivity index (χ4n) is 0.551. The summed E-state index contributed by atoms with van der Waals surface area (Å²) in [7, 11) is 0. The van der Waals surface area contributed by atoms with E-state index in [1.807, 2.05) is 6.92 Å². The Morgan fingerprint density at radius 1 is 1.82 bits per heavy atom. The minimum absolute atomic E-state index is 0.226. The minimum Gasteiger partial charge on any atom is -0.466 e. The van der Waals surface area contributed by atoms with Crippen molar-refractivity contribution in [2.45, 2.75) is 25.8 Å². The SMILES string of the molecule is C=CC(N)CC(=O)OCCC. The predicted octanol–water partition coefficient (Wildman–Crippen LogP) is 0.843. The largest absolute Gasteiger partial charge is 0.466 e. The van der Waals surface area contributed by atoms with Crippen molar-refractivity contribution in [2.24, 2.45) is 5.73 Å². The van der Waals surface area contributed by atoms with Crippen LogP contribution in [0.15, 0.2) is 12.7 Å². The number of hydrogen-bond acceptors (Lipinski definition) is 3. The molecule has 3 nitrogen and oxygen atoms in total. The van der Waals surface area contributed by atoms with Gasteiger partial charge in [-0.2, -0.15) is 0 Å². The normalized spacial score (nSPS) is 12.2. The van der Waals surface area contributed by atoms with E-state index in [0.29, 0.717) is 6.61 Å². The maximum atomic E-state index is 10.8. The third-order valence-corrected chi connectivity index (χ3v) is 1.17. The van der Waals surface area contributed by atoms with E-state index in [9.17, 15) is 4.79 Å². The number of esters is 1. The molecule has 11 heavy (non-hydrogen) atoms. The van der Waals surface area contributed by atoms with Crippen LogP contribution in [-0.2, 0) is 9.53 Å². The highest BCUT2D eigenvalue weighted by molar-refractivity contribution is 5.70. The highest BCUT2D eigenvalue weighted by Crippen LogP contribution is 1.93. The van der Waals surface area contributed by atoms with Crippen LogP contribution in [-0.4, -0.2) is 18.6 Å². The summed E-state index contributed by atoms with van der Waals surface area (Å²) in [6.45, 7) is 5.88. The topological polar surface area (TPSA) is 52.3 Å². The van der Waals surface area contributed by atoms with Crippen molar-refractivity contribution < 1.29 is 9.53 Å². The van der Waals surface area contributed by atoms with Gasteiger partial charge in [-0.1, -0.05) is 13.0 Å². The Bertz CT molecular complexity index is 134. The third-order valence-electron chi connectivity index (χ3n) is 1.17. The lowest BCUT2D eigenvalue weighted by Crippen LogP contribution is -2.22. The fourth-order valence-corrected chi connectivity index (χ4v) is 0.551. The molecule has 0 aliphatic heterocycles. The maximum absolute atomic E-state index is 10.8. The molecule has 0 aromatic heterocycles. The summed E-state index contributed by atoms with van der Waals surface area (Å²) < 4.78 is 4.80. The molecular formula is C8H15NO2. The number of nitrogens with two attached hydrogens (primary N) is 1. The van der Waals surface area contributed by atoms with E-state index in [2.05, 4.69) is 6.58 Å². The summed E-state index contributed by atoms with van der Waals surface area (Å²) in [5, 5.41) is 0. The van der Waals surface area contributed by atoms with Crippen molar-refractivity contribution in [3.05, 3.63) is 12.7 Å². The second kappa shape index (κ2) is 5.92. The molecule has 64 valence electrons. The smallest absolute Gasteiger partial charge is 0.307 e. The molecule has 0 aliphatic carbocycles. The monoisotopic (exact) mass is 157 g/mol. The number of carbonyl (C=O) groups is 1. The lowest BCUT2D eigenvalue weighted by molar-refractivity contribution is -0.143.